The molecule has 1 aromatic rings. The molecule has 1 rings (SSSR count). The van der Waals surface area contributed by atoms with E-state index in [1.54, 1.807) is 31.2 Å². The van der Waals surface area contributed by atoms with E-state index in [0.29, 0.717) is 25.0 Å². The average molecular weight is 320 g/mol. The number of unbranched alkanes of at least 4 members (excludes halogenated alkanes) is 1. The number of hydrogen-bond acceptors (Lipinski definition) is 4. The van der Waals surface area contributed by atoms with Crippen LogP contribution in [0.4, 0.5) is 0 Å². The monoisotopic (exact) mass is 320 g/mol. The van der Waals surface area contributed by atoms with Gasteiger partial charge in [0, 0.05) is 0 Å². The second-order valence-corrected chi connectivity index (χ2v) is 5.60. The molecule has 0 aromatic heterocycles. The number of ether oxygens (including phenoxy) is 2. The third-order valence-electron chi connectivity index (χ3n) is 3.75. The largest absolute Gasteiger partial charge is 0.466 e. The Labute approximate surface area is 139 Å². The van der Waals surface area contributed by atoms with E-state index in [9.17, 15) is 9.59 Å². The summed E-state index contributed by atoms with van der Waals surface area (Å²) < 4.78 is 10.8. The van der Waals surface area contributed by atoms with Crippen molar-refractivity contribution in [2.24, 2.45) is 5.92 Å². The summed E-state index contributed by atoms with van der Waals surface area (Å²) in [5, 5.41) is 0. The molecule has 2 atom stereocenters. The third kappa shape index (κ3) is 6.43. The summed E-state index contributed by atoms with van der Waals surface area (Å²) in [5.74, 6) is -1.03. The van der Waals surface area contributed by atoms with Crippen LogP contribution in [0.5, 0.6) is 0 Å². The van der Waals surface area contributed by atoms with Crippen molar-refractivity contribution in [3.8, 4) is 0 Å². The van der Waals surface area contributed by atoms with Crippen molar-refractivity contribution in [2.75, 3.05) is 6.61 Å². The first-order chi connectivity index (χ1) is 11.1. The third-order valence-corrected chi connectivity index (χ3v) is 3.75. The van der Waals surface area contributed by atoms with Gasteiger partial charge in [-0.15, -0.1) is 0 Å². The molecule has 0 amide bonds. The molecule has 4 heteroatoms. The van der Waals surface area contributed by atoms with Gasteiger partial charge < -0.3 is 9.47 Å². The molecular weight excluding hydrogens is 292 g/mol. The molecule has 1 aromatic carbocycles. The highest BCUT2D eigenvalue weighted by Crippen LogP contribution is 2.23. The number of esters is 2. The molecule has 0 aliphatic rings. The molecule has 0 aliphatic heterocycles. The van der Waals surface area contributed by atoms with Crippen molar-refractivity contribution in [1.82, 2.24) is 0 Å². The van der Waals surface area contributed by atoms with Gasteiger partial charge in [0.1, 0.15) is 6.10 Å². The van der Waals surface area contributed by atoms with E-state index in [4.69, 9.17) is 9.47 Å². The number of rotatable bonds is 10. The standard InChI is InChI=1S/C19H28O4/c1-4-7-14-16(19(21)22-6-3)17(11-5-2)23-18(20)15-12-9-8-10-13-15/h8-10,12-13,16-17H,4-7,11,14H2,1-3H3. The van der Waals surface area contributed by atoms with Crippen LogP contribution in [0.1, 0.15) is 63.2 Å². The van der Waals surface area contributed by atoms with Gasteiger partial charge in [-0.3, -0.25) is 4.79 Å². The Balaban J connectivity index is 2.85. The van der Waals surface area contributed by atoms with E-state index >= 15 is 0 Å². The zero-order chi connectivity index (χ0) is 17.1. The van der Waals surface area contributed by atoms with Crippen LogP contribution in [0.3, 0.4) is 0 Å². The number of carbonyl (C=O) groups is 2. The summed E-state index contributed by atoms with van der Waals surface area (Å²) in [6.45, 7) is 6.23. The smallest absolute Gasteiger partial charge is 0.338 e. The average Bonchev–Trinajstić information content (AvgIpc) is 2.56. The van der Waals surface area contributed by atoms with E-state index in [2.05, 4.69) is 6.92 Å². The zero-order valence-electron chi connectivity index (χ0n) is 14.4. The first kappa shape index (κ1) is 19.2. The molecule has 2 unspecified atom stereocenters. The summed E-state index contributed by atoms with van der Waals surface area (Å²) in [5.41, 5.74) is 0.506. The van der Waals surface area contributed by atoms with Crippen LogP contribution < -0.4 is 0 Å². The van der Waals surface area contributed by atoms with Gasteiger partial charge in [0.05, 0.1) is 18.1 Å². The van der Waals surface area contributed by atoms with Gasteiger partial charge in [-0.2, -0.15) is 0 Å². The van der Waals surface area contributed by atoms with Crippen molar-refractivity contribution in [3.63, 3.8) is 0 Å². The van der Waals surface area contributed by atoms with E-state index in [0.717, 1.165) is 19.3 Å². The molecule has 0 fully saturated rings. The normalized spacial score (nSPS) is 13.2. The fourth-order valence-corrected chi connectivity index (χ4v) is 2.54. The maximum Gasteiger partial charge on any atom is 0.338 e. The molecular formula is C19H28O4. The molecule has 0 bridgehead atoms. The Kier molecular flexibility index (Phi) is 9.03. The van der Waals surface area contributed by atoms with Gasteiger partial charge in [-0.05, 0) is 31.9 Å². The van der Waals surface area contributed by atoms with Crippen LogP contribution in [0.15, 0.2) is 30.3 Å². The molecule has 0 N–H and O–H groups in total. The molecule has 0 radical (unpaired) electrons. The Morgan fingerprint density at radius 2 is 1.70 bits per heavy atom. The van der Waals surface area contributed by atoms with Crippen LogP contribution in [0.25, 0.3) is 0 Å². The van der Waals surface area contributed by atoms with Crippen molar-refractivity contribution >= 4 is 11.9 Å². The van der Waals surface area contributed by atoms with Crippen molar-refractivity contribution in [1.29, 1.82) is 0 Å². The first-order valence-corrected chi connectivity index (χ1v) is 8.56. The van der Waals surface area contributed by atoms with E-state index in [-0.39, 0.29) is 17.9 Å². The molecule has 0 spiro atoms. The highest BCUT2D eigenvalue weighted by Gasteiger charge is 2.31. The Morgan fingerprint density at radius 3 is 2.26 bits per heavy atom. The summed E-state index contributed by atoms with van der Waals surface area (Å²) in [6.07, 6.45) is 3.65. The summed E-state index contributed by atoms with van der Waals surface area (Å²) in [6, 6.07) is 8.88. The fraction of sp³-hybridized carbons (Fsp3) is 0.579. The highest BCUT2D eigenvalue weighted by molar-refractivity contribution is 5.89. The Morgan fingerprint density at radius 1 is 1.00 bits per heavy atom. The Hall–Kier alpha value is -1.84. The molecule has 0 heterocycles. The summed E-state index contributed by atoms with van der Waals surface area (Å²) >= 11 is 0. The molecule has 128 valence electrons. The SMILES string of the molecule is CCCCC(C(=O)OCC)C(CCC)OC(=O)c1ccccc1. The highest BCUT2D eigenvalue weighted by atomic mass is 16.6. The van der Waals surface area contributed by atoms with Crippen LogP contribution >= 0.6 is 0 Å². The van der Waals surface area contributed by atoms with Gasteiger partial charge in [0.25, 0.3) is 0 Å². The molecule has 0 aliphatic carbocycles. The first-order valence-electron chi connectivity index (χ1n) is 8.56. The zero-order valence-corrected chi connectivity index (χ0v) is 14.4. The van der Waals surface area contributed by atoms with Gasteiger partial charge in [0.2, 0.25) is 0 Å². The number of hydrogen-bond donors (Lipinski definition) is 0. The Bertz CT molecular complexity index is 470. The lowest BCUT2D eigenvalue weighted by Crippen LogP contribution is -2.34. The number of benzene rings is 1. The van der Waals surface area contributed by atoms with Gasteiger partial charge in [-0.1, -0.05) is 51.3 Å². The minimum absolute atomic E-state index is 0.264. The van der Waals surface area contributed by atoms with Crippen LogP contribution in [-0.4, -0.2) is 24.6 Å². The maximum absolute atomic E-state index is 12.3. The van der Waals surface area contributed by atoms with Crippen LogP contribution in [0.2, 0.25) is 0 Å². The summed E-state index contributed by atoms with van der Waals surface area (Å²) in [7, 11) is 0. The molecule has 4 nitrogen and oxygen atoms in total. The minimum Gasteiger partial charge on any atom is -0.466 e. The fourth-order valence-electron chi connectivity index (χ4n) is 2.54. The predicted molar refractivity (Wildman–Crippen MR) is 90.2 cm³/mol. The topological polar surface area (TPSA) is 52.6 Å². The molecule has 23 heavy (non-hydrogen) atoms. The van der Waals surface area contributed by atoms with Crippen molar-refractivity contribution < 1.29 is 19.1 Å². The van der Waals surface area contributed by atoms with Gasteiger partial charge in [-0.25, -0.2) is 4.79 Å². The van der Waals surface area contributed by atoms with Gasteiger partial charge in [0.15, 0.2) is 0 Å². The van der Waals surface area contributed by atoms with E-state index in [1.807, 2.05) is 13.0 Å². The van der Waals surface area contributed by atoms with E-state index in [1.165, 1.54) is 0 Å². The van der Waals surface area contributed by atoms with E-state index < -0.39 is 6.10 Å². The lowest BCUT2D eigenvalue weighted by Gasteiger charge is -2.25. The molecule has 0 saturated carbocycles. The van der Waals surface area contributed by atoms with Crippen LogP contribution in [0, 0.1) is 5.92 Å². The quantitative estimate of drug-likeness (QED) is 0.600. The van der Waals surface area contributed by atoms with Crippen LogP contribution in [-0.2, 0) is 14.3 Å². The second kappa shape index (κ2) is 10.8. The van der Waals surface area contributed by atoms with Gasteiger partial charge >= 0.3 is 11.9 Å². The second-order valence-electron chi connectivity index (χ2n) is 5.60. The maximum atomic E-state index is 12.3. The predicted octanol–water partition coefficient (Wildman–Crippen LogP) is 4.38. The lowest BCUT2D eigenvalue weighted by molar-refractivity contribution is -0.152. The minimum atomic E-state index is -0.432. The van der Waals surface area contributed by atoms with Crippen molar-refractivity contribution in [3.05, 3.63) is 35.9 Å². The number of carbonyl (C=O) groups excluding carboxylic acids is 2. The lowest BCUT2D eigenvalue weighted by atomic mass is 9.93. The van der Waals surface area contributed by atoms with Crippen molar-refractivity contribution in [2.45, 2.75) is 59.0 Å². The summed E-state index contributed by atoms with van der Waals surface area (Å²) in [4.78, 5) is 24.6. The molecule has 0 saturated heterocycles.